The molecule has 1 heterocycles. The summed E-state index contributed by atoms with van der Waals surface area (Å²) in [6.07, 6.45) is 2.37. The molecule has 1 aromatic heterocycles. The van der Waals surface area contributed by atoms with Gasteiger partial charge in [-0.05, 0) is 0 Å². The molecule has 8 heavy (non-hydrogen) atoms. The summed E-state index contributed by atoms with van der Waals surface area (Å²) >= 11 is 0. The van der Waals surface area contributed by atoms with Crippen molar-refractivity contribution in [2.24, 2.45) is 0 Å². The van der Waals surface area contributed by atoms with Crippen molar-refractivity contribution in [1.29, 1.82) is 0 Å². The molecular weight excluding hydrogens is 109 g/mol. The van der Waals surface area contributed by atoms with Crippen molar-refractivity contribution in [2.45, 2.75) is 0 Å². The van der Waals surface area contributed by atoms with Crippen molar-refractivity contribution in [3.05, 3.63) is 12.6 Å². The molecule has 0 amide bonds. The lowest BCUT2D eigenvalue weighted by atomic mass is 9.89. The lowest BCUT2D eigenvalue weighted by molar-refractivity contribution is 0.409. The Kier molecular flexibility index (Phi) is 1.32. The van der Waals surface area contributed by atoms with Gasteiger partial charge in [0.2, 0.25) is 0 Å². The van der Waals surface area contributed by atoms with Gasteiger partial charge in [-0.3, -0.25) is 0 Å². The molecule has 1 rings (SSSR count). The molecule has 0 atom stereocenters. The van der Waals surface area contributed by atoms with Gasteiger partial charge < -0.3 is 14.5 Å². The lowest BCUT2D eigenvalue weighted by Gasteiger charge is -1.85. The van der Waals surface area contributed by atoms with Crippen LogP contribution >= 0.6 is 0 Å². The van der Waals surface area contributed by atoms with Gasteiger partial charge in [0.15, 0.2) is 12.1 Å². The van der Waals surface area contributed by atoms with E-state index in [4.69, 9.17) is 10.0 Å². The van der Waals surface area contributed by atoms with Gasteiger partial charge in [-0.2, -0.15) is 0 Å². The third-order valence-electron chi connectivity index (χ3n) is 0.706. The number of oxazole rings is 1. The second-order valence-corrected chi connectivity index (χ2v) is 1.28. The topological polar surface area (TPSA) is 66.5 Å². The van der Waals surface area contributed by atoms with Crippen LogP contribution in [0.2, 0.25) is 0 Å². The highest BCUT2D eigenvalue weighted by molar-refractivity contribution is 6.56. The van der Waals surface area contributed by atoms with E-state index in [1.807, 2.05) is 0 Å². The minimum Gasteiger partial charge on any atom is -0.452 e. The molecule has 0 aromatic carbocycles. The zero-order valence-corrected chi connectivity index (χ0v) is 3.98. The Balaban J connectivity index is 2.77. The first-order valence-corrected chi connectivity index (χ1v) is 2.05. The predicted octanol–water partition coefficient (Wildman–Crippen LogP) is -1.65. The van der Waals surface area contributed by atoms with Crippen LogP contribution in [-0.4, -0.2) is 22.2 Å². The standard InChI is InChI=1S/C3H4BNO3/c6-4(7)3-1-5-2-8-3/h1-2,6-7H. The summed E-state index contributed by atoms with van der Waals surface area (Å²) in [6, 6.07) is 0. The summed E-state index contributed by atoms with van der Waals surface area (Å²) in [5.41, 5.74) is 0.0602. The van der Waals surface area contributed by atoms with Crippen molar-refractivity contribution in [3.63, 3.8) is 0 Å². The van der Waals surface area contributed by atoms with E-state index in [2.05, 4.69) is 9.40 Å². The van der Waals surface area contributed by atoms with Crippen LogP contribution in [0.5, 0.6) is 0 Å². The average Bonchev–Trinajstić information content (AvgIpc) is 2.12. The van der Waals surface area contributed by atoms with Gasteiger partial charge in [-0.1, -0.05) is 0 Å². The summed E-state index contributed by atoms with van der Waals surface area (Å²) < 4.78 is 4.48. The van der Waals surface area contributed by atoms with Crippen LogP contribution in [-0.2, 0) is 0 Å². The van der Waals surface area contributed by atoms with Crippen molar-refractivity contribution < 1.29 is 14.5 Å². The van der Waals surface area contributed by atoms with Crippen molar-refractivity contribution >= 4 is 12.8 Å². The predicted molar refractivity (Wildman–Crippen MR) is 26.3 cm³/mol. The average molecular weight is 113 g/mol. The molecule has 0 spiro atoms. The summed E-state index contributed by atoms with van der Waals surface area (Å²) in [6.45, 7) is 0. The van der Waals surface area contributed by atoms with Crippen LogP contribution < -0.4 is 5.66 Å². The highest BCUT2D eigenvalue weighted by Gasteiger charge is 2.13. The van der Waals surface area contributed by atoms with Crippen molar-refractivity contribution in [3.8, 4) is 0 Å². The maximum Gasteiger partial charge on any atom is 0.528 e. The van der Waals surface area contributed by atoms with Crippen molar-refractivity contribution in [2.75, 3.05) is 0 Å². The van der Waals surface area contributed by atoms with E-state index in [0.29, 0.717) is 0 Å². The largest absolute Gasteiger partial charge is 0.528 e. The van der Waals surface area contributed by atoms with Crippen LogP contribution in [0.3, 0.4) is 0 Å². The third-order valence-corrected chi connectivity index (χ3v) is 0.706. The van der Waals surface area contributed by atoms with Gasteiger partial charge in [0.05, 0.1) is 6.20 Å². The second kappa shape index (κ2) is 1.98. The van der Waals surface area contributed by atoms with Crippen molar-refractivity contribution in [1.82, 2.24) is 4.98 Å². The van der Waals surface area contributed by atoms with Crippen LogP contribution in [0.1, 0.15) is 0 Å². The fourth-order valence-electron chi connectivity index (χ4n) is 0.353. The summed E-state index contributed by atoms with van der Waals surface area (Å²) in [5, 5.41) is 16.7. The molecule has 0 aliphatic heterocycles. The molecule has 0 aliphatic rings. The van der Waals surface area contributed by atoms with E-state index in [1.54, 1.807) is 0 Å². The molecule has 0 radical (unpaired) electrons. The van der Waals surface area contributed by atoms with Gasteiger partial charge in [0.1, 0.15) is 0 Å². The van der Waals surface area contributed by atoms with Gasteiger partial charge >= 0.3 is 7.12 Å². The molecular formula is C3H4BNO3. The van der Waals surface area contributed by atoms with E-state index in [-0.39, 0.29) is 5.66 Å². The fraction of sp³-hybridized carbons (Fsp3) is 0. The minimum atomic E-state index is -1.54. The van der Waals surface area contributed by atoms with Crippen LogP contribution in [0.4, 0.5) is 0 Å². The zero-order valence-electron chi connectivity index (χ0n) is 3.98. The Morgan fingerprint density at radius 2 is 2.38 bits per heavy atom. The molecule has 2 N–H and O–H groups in total. The monoisotopic (exact) mass is 113 g/mol. The smallest absolute Gasteiger partial charge is 0.452 e. The Morgan fingerprint density at radius 1 is 1.62 bits per heavy atom. The minimum absolute atomic E-state index is 0.0602. The van der Waals surface area contributed by atoms with E-state index < -0.39 is 7.12 Å². The number of rotatable bonds is 1. The first-order valence-electron chi connectivity index (χ1n) is 2.05. The maximum atomic E-state index is 8.33. The van der Waals surface area contributed by atoms with E-state index in [9.17, 15) is 0 Å². The van der Waals surface area contributed by atoms with Gasteiger partial charge in [-0.25, -0.2) is 4.98 Å². The molecule has 0 fully saturated rings. The molecule has 4 nitrogen and oxygen atoms in total. The molecule has 0 saturated heterocycles. The number of hydrogen-bond donors (Lipinski definition) is 2. The summed E-state index contributed by atoms with van der Waals surface area (Å²) in [4.78, 5) is 3.46. The Morgan fingerprint density at radius 3 is 2.62 bits per heavy atom. The summed E-state index contributed by atoms with van der Waals surface area (Å²) in [7, 11) is -1.54. The SMILES string of the molecule is OB(O)c1cnco1. The van der Waals surface area contributed by atoms with Crippen LogP contribution in [0.15, 0.2) is 17.0 Å². The van der Waals surface area contributed by atoms with E-state index in [0.717, 1.165) is 6.39 Å². The number of nitrogens with zero attached hydrogens (tertiary/aromatic N) is 1. The summed E-state index contributed by atoms with van der Waals surface area (Å²) in [5.74, 6) is 0. The number of aromatic nitrogens is 1. The fourth-order valence-corrected chi connectivity index (χ4v) is 0.353. The van der Waals surface area contributed by atoms with Gasteiger partial charge in [-0.15, -0.1) is 0 Å². The molecule has 0 aliphatic carbocycles. The zero-order chi connectivity index (χ0) is 5.98. The van der Waals surface area contributed by atoms with Crippen LogP contribution in [0.25, 0.3) is 0 Å². The van der Waals surface area contributed by atoms with E-state index in [1.165, 1.54) is 6.20 Å². The van der Waals surface area contributed by atoms with E-state index >= 15 is 0 Å². The normalized spacial score (nSPS) is 9.25. The Hall–Kier alpha value is -0.805. The molecule has 1 aromatic rings. The Bertz CT molecular complexity index is 150. The molecule has 0 bridgehead atoms. The van der Waals surface area contributed by atoms with Gasteiger partial charge in [0, 0.05) is 0 Å². The highest BCUT2D eigenvalue weighted by Crippen LogP contribution is 1.76. The number of hydrogen-bond acceptors (Lipinski definition) is 4. The highest BCUT2D eigenvalue weighted by atomic mass is 16.4. The third kappa shape index (κ3) is 0.880. The maximum absolute atomic E-state index is 8.33. The first kappa shape index (κ1) is 5.33. The van der Waals surface area contributed by atoms with Crippen LogP contribution in [0, 0.1) is 0 Å². The van der Waals surface area contributed by atoms with Gasteiger partial charge in [0.25, 0.3) is 0 Å². The molecule has 5 heteroatoms. The molecule has 42 valence electrons. The molecule has 0 saturated carbocycles. The first-order chi connectivity index (χ1) is 3.80. The molecule has 0 unspecified atom stereocenters. The lowest BCUT2D eigenvalue weighted by Crippen LogP contribution is -2.27. The quantitative estimate of drug-likeness (QED) is 0.428. The second-order valence-electron chi connectivity index (χ2n) is 1.28. The Labute approximate surface area is 45.9 Å².